The van der Waals surface area contributed by atoms with Crippen molar-refractivity contribution in [2.45, 2.75) is 33.9 Å². The molecule has 1 aliphatic rings. The second kappa shape index (κ2) is 6.80. The van der Waals surface area contributed by atoms with E-state index in [9.17, 15) is 20.4 Å². The SMILES string of the molecule is N#Cc1ccc(S[C@H]2SC[C@H](O)[C@@H](O)[C@H](O)[C@H]2O)cc1. The Morgan fingerprint density at radius 2 is 1.70 bits per heavy atom. The van der Waals surface area contributed by atoms with Crippen molar-refractivity contribution >= 4 is 23.5 Å². The van der Waals surface area contributed by atoms with E-state index < -0.39 is 29.0 Å². The number of aliphatic hydroxyl groups is 4. The van der Waals surface area contributed by atoms with Gasteiger partial charge in [-0.2, -0.15) is 5.26 Å². The number of nitrogens with zero attached hydrogens (tertiary/aromatic N) is 1. The second-order valence-electron chi connectivity index (χ2n) is 4.49. The molecule has 4 N–H and O–H groups in total. The topological polar surface area (TPSA) is 105 Å². The highest BCUT2D eigenvalue weighted by Gasteiger charge is 2.39. The van der Waals surface area contributed by atoms with Crippen LogP contribution in [0.4, 0.5) is 0 Å². The van der Waals surface area contributed by atoms with Crippen molar-refractivity contribution in [3.05, 3.63) is 29.8 Å². The summed E-state index contributed by atoms with van der Waals surface area (Å²) in [5.74, 6) is 0.239. The van der Waals surface area contributed by atoms with Crippen molar-refractivity contribution in [3.63, 3.8) is 0 Å². The molecule has 20 heavy (non-hydrogen) atoms. The lowest BCUT2D eigenvalue weighted by atomic mass is 10.1. The minimum absolute atomic E-state index is 0.239. The Balaban J connectivity index is 2.09. The molecule has 5 nitrogen and oxygen atoms in total. The van der Waals surface area contributed by atoms with E-state index in [1.807, 2.05) is 6.07 Å². The first-order valence-corrected chi connectivity index (χ1v) is 7.96. The predicted molar refractivity (Wildman–Crippen MR) is 77.3 cm³/mol. The van der Waals surface area contributed by atoms with Gasteiger partial charge in [-0.05, 0) is 24.3 Å². The quantitative estimate of drug-likeness (QED) is 0.617. The van der Waals surface area contributed by atoms with Crippen LogP contribution < -0.4 is 0 Å². The number of hydrogen-bond donors (Lipinski definition) is 4. The van der Waals surface area contributed by atoms with E-state index in [4.69, 9.17) is 5.26 Å². The van der Waals surface area contributed by atoms with Crippen LogP contribution >= 0.6 is 23.5 Å². The third kappa shape index (κ3) is 3.47. The highest BCUT2D eigenvalue weighted by Crippen LogP contribution is 2.37. The third-order valence-electron chi connectivity index (χ3n) is 3.04. The van der Waals surface area contributed by atoms with Crippen molar-refractivity contribution in [1.29, 1.82) is 5.26 Å². The number of benzene rings is 1. The summed E-state index contributed by atoms with van der Waals surface area (Å²) in [4.78, 5) is 0.846. The fourth-order valence-electron chi connectivity index (χ4n) is 1.83. The zero-order valence-corrected chi connectivity index (χ0v) is 12.1. The largest absolute Gasteiger partial charge is 0.389 e. The van der Waals surface area contributed by atoms with Gasteiger partial charge >= 0.3 is 0 Å². The predicted octanol–water partition coefficient (Wildman–Crippen LogP) is 0.167. The molecule has 1 aliphatic heterocycles. The van der Waals surface area contributed by atoms with Crippen LogP contribution in [0.3, 0.4) is 0 Å². The van der Waals surface area contributed by atoms with Gasteiger partial charge in [0, 0.05) is 10.6 Å². The number of nitriles is 1. The maximum absolute atomic E-state index is 10.1. The first kappa shape index (κ1) is 15.6. The van der Waals surface area contributed by atoms with Crippen molar-refractivity contribution in [1.82, 2.24) is 0 Å². The van der Waals surface area contributed by atoms with E-state index in [-0.39, 0.29) is 5.75 Å². The normalized spacial score (nSPS) is 34.2. The van der Waals surface area contributed by atoms with Crippen molar-refractivity contribution in [2.75, 3.05) is 5.75 Å². The van der Waals surface area contributed by atoms with Crippen LogP contribution in [0.2, 0.25) is 0 Å². The summed E-state index contributed by atoms with van der Waals surface area (Å²) >= 11 is 2.62. The van der Waals surface area contributed by atoms with E-state index in [0.717, 1.165) is 4.90 Å². The van der Waals surface area contributed by atoms with Crippen LogP contribution in [0.25, 0.3) is 0 Å². The molecule has 0 aliphatic carbocycles. The summed E-state index contributed by atoms with van der Waals surface area (Å²) in [5, 5.41) is 47.8. The summed E-state index contributed by atoms with van der Waals surface area (Å²) < 4.78 is -0.398. The Hall–Kier alpha value is -0.750. The van der Waals surface area contributed by atoms with Crippen LogP contribution in [-0.4, -0.2) is 55.2 Å². The fraction of sp³-hybridized carbons (Fsp3) is 0.462. The Morgan fingerprint density at radius 3 is 2.30 bits per heavy atom. The van der Waals surface area contributed by atoms with Gasteiger partial charge < -0.3 is 20.4 Å². The van der Waals surface area contributed by atoms with Gasteiger partial charge in [0.05, 0.1) is 22.3 Å². The molecule has 1 saturated heterocycles. The molecule has 7 heteroatoms. The van der Waals surface area contributed by atoms with Gasteiger partial charge in [-0.15, -0.1) is 23.5 Å². The lowest BCUT2D eigenvalue weighted by Crippen LogP contribution is -2.45. The molecule has 108 valence electrons. The van der Waals surface area contributed by atoms with Crippen LogP contribution in [0.5, 0.6) is 0 Å². The average molecular weight is 313 g/mol. The lowest BCUT2D eigenvalue weighted by molar-refractivity contribution is -0.0910. The van der Waals surface area contributed by atoms with Gasteiger partial charge in [-0.1, -0.05) is 0 Å². The van der Waals surface area contributed by atoms with Crippen LogP contribution in [-0.2, 0) is 0 Å². The van der Waals surface area contributed by atoms with Crippen LogP contribution in [0, 0.1) is 11.3 Å². The van der Waals surface area contributed by atoms with Gasteiger partial charge in [-0.25, -0.2) is 0 Å². The molecule has 0 saturated carbocycles. The Morgan fingerprint density at radius 1 is 1.05 bits per heavy atom. The summed E-state index contributed by atoms with van der Waals surface area (Å²) in [5.41, 5.74) is 0.550. The van der Waals surface area contributed by atoms with Crippen LogP contribution in [0.1, 0.15) is 5.56 Å². The summed E-state index contributed by atoms with van der Waals surface area (Å²) in [6, 6.07) is 8.91. The lowest BCUT2D eigenvalue weighted by Gasteiger charge is -2.25. The zero-order valence-electron chi connectivity index (χ0n) is 10.5. The zero-order chi connectivity index (χ0) is 14.7. The molecule has 0 radical (unpaired) electrons. The van der Waals surface area contributed by atoms with Gasteiger partial charge in [-0.3, -0.25) is 0 Å². The van der Waals surface area contributed by atoms with Gasteiger partial charge in [0.25, 0.3) is 0 Å². The van der Waals surface area contributed by atoms with Gasteiger partial charge in [0.2, 0.25) is 0 Å². The molecule has 1 aromatic rings. The Kier molecular flexibility index (Phi) is 5.32. The maximum atomic E-state index is 10.1. The monoisotopic (exact) mass is 313 g/mol. The van der Waals surface area contributed by atoms with Gasteiger partial charge in [0.1, 0.15) is 18.3 Å². The van der Waals surface area contributed by atoms with E-state index >= 15 is 0 Å². The molecular formula is C13H15NO4S2. The molecule has 0 amide bonds. The first-order valence-electron chi connectivity index (χ1n) is 6.03. The Labute approximate surface area is 125 Å². The number of rotatable bonds is 2. The summed E-state index contributed by atoms with van der Waals surface area (Å²) in [7, 11) is 0. The first-order chi connectivity index (χ1) is 9.52. The molecule has 0 unspecified atom stereocenters. The minimum Gasteiger partial charge on any atom is -0.389 e. The van der Waals surface area contributed by atoms with Crippen molar-refractivity contribution in [2.24, 2.45) is 0 Å². The van der Waals surface area contributed by atoms with E-state index in [2.05, 4.69) is 0 Å². The highest BCUT2D eigenvalue weighted by atomic mass is 32.2. The van der Waals surface area contributed by atoms with E-state index in [1.54, 1.807) is 24.3 Å². The maximum Gasteiger partial charge on any atom is 0.110 e. The number of hydrogen-bond acceptors (Lipinski definition) is 7. The second-order valence-corrected chi connectivity index (χ2v) is 7.18. The molecule has 0 spiro atoms. The van der Waals surface area contributed by atoms with E-state index in [1.165, 1.54) is 23.5 Å². The fourth-order valence-corrected chi connectivity index (χ4v) is 4.47. The third-order valence-corrected chi connectivity index (χ3v) is 5.93. The molecule has 1 aromatic carbocycles. The van der Waals surface area contributed by atoms with Crippen LogP contribution in [0.15, 0.2) is 29.2 Å². The average Bonchev–Trinajstić information content (AvgIpc) is 2.56. The summed E-state index contributed by atoms with van der Waals surface area (Å²) in [6.45, 7) is 0. The molecule has 1 heterocycles. The molecule has 2 rings (SSSR count). The summed E-state index contributed by atoms with van der Waals surface area (Å²) in [6.07, 6.45) is -4.93. The molecule has 5 atom stereocenters. The van der Waals surface area contributed by atoms with E-state index in [0.29, 0.717) is 5.56 Å². The minimum atomic E-state index is -1.38. The number of thioether (sulfide) groups is 2. The standard InChI is InChI=1S/C13H15NO4S2/c14-5-7-1-3-8(4-2-7)20-13-12(18)11(17)10(16)9(15)6-19-13/h1-4,9-13,15-18H,6H2/t9-,10+,11-,12+,13+/m0/s1. The molecule has 1 fully saturated rings. The van der Waals surface area contributed by atoms with Gasteiger partial charge in [0.15, 0.2) is 0 Å². The molecule has 0 aromatic heterocycles. The molecule has 0 bridgehead atoms. The molecular weight excluding hydrogens is 298 g/mol. The Bertz CT molecular complexity index is 490. The number of aliphatic hydroxyl groups excluding tert-OH is 4. The smallest absolute Gasteiger partial charge is 0.110 e. The highest BCUT2D eigenvalue weighted by molar-refractivity contribution is 8.17. The van der Waals surface area contributed by atoms with Crippen molar-refractivity contribution < 1.29 is 20.4 Å². The van der Waals surface area contributed by atoms with Crippen molar-refractivity contribution in [3.8, 4) is 6.07 Å².